The Balaban J connectivity index is 2.77. The number of nitro groups is 1. The molecule has 1 rings (SSSR count). The summed E-state index contributed by atoms with van der Waals surface area (Å²) in [6.07, 6.45) is 3.60. The fourth-order valence-electron chi connectivity index (χ4n) is 1.27. The molecule has 1 N–H and O–H groups in total. The van der Waals surface area contributed by atoms with Crippen LogP contribution >= 0.6 is 0 Å². The molecule has 0 fully saturated rings. The largest absolute Gasteiger partial charge is 0.353 e. The van der Waals surface area contributed by atoms with E-state index in [4.69, 9.17) is 0 Å². The first kappa shape index (κ1) is 12.9. The van der Waals surface area contributed by atoms with Gasteiger partial charge in [-0.25, -0.2) is 0 Å². The molecule has 0 aliphatic carbocycles. The van der Waals surface area contributed by atoms with E-state index in [1.165, 1.54) is 18.2 Å². The van der Waals surface area contributed by atoms with Crippen LogP contribution in [-0.4, -0.2) is 17.4 Å². The van der Waals surface area contributed by atoms with Crippen LogP contribution in [0.25, 0.3) is 6.08 Å². The molecule has 0 spiro atoms. The molecule has 0 unspecified atom stereocenters. The predicted octanol–water partition coefficient (Wildman–Crippen LogP) is 2.13. The first-order valence-corrected chi connectivity index (χ1v) is 5.34. The minimum absolute atomic E-state index is 0.00737. The van der Waals surface area contributed by atoms with Gasteiger partial charge in [-0.3, -0.25) is 14.9 Å². The van der Waals surface area contributed by atoms with E-state index in [1.54, 1.807) is 18.2 Å². The van der Waals surface area contributed by atoms with Crippen LogP contribution in [0.5, 0.6) is 0 Å². The second-order valence-corrected chi connectivity index (χ2v) is 3.44. The first-order chi connectivity index (χ1) is 8.15. The average molecular weight is 234 g/mol. The summed E-state index contributed by atoms with van der Waals surface area (Å²) in [4.78, 5) is 21.5. The average Bonchev–Trinajstić information content (AvgIpc) is 2.34. The van der Waals surface area contributed by atoms with Crippen molar-refractivity contribution in [1.29, 1.82) is 0 Å². The topological polar surface area (TPSA) is 72.2 Å². The summed E-state index contributed by atoms with van der Waals surface area (Å²) in [5, 5.41) is 13.4. The van der Waals surface area contributed by atoms with E-state index in [0.717, 1.165) is 6.42 Å². The number of benzene rings is 1. The molecule has 5 heteroatoms. The van der Waals surface area contributed by atoms with E-state index in [1.807, 2.05) is 6.92 Å². The number of hydrogen-bond donors (Lipinski definition) is 1. The summed E-state index contributed by atoms with van der Waals surface area (Å²) >= 11 is 0. The lowest BCUT2D eigenvalue weighted by molar-refractivity contribution is -0.385. The molecule has 0 bridgehead atoms. The van der Waals surface area contributed by atoms with E-state index >= 15 is 0 Å². The number of rotatable bonds is 5. The van der Waals surface area contributed by atoms with Gasteiger partial charge in [0.05, 0.1) is 10.5 Å². The lowest BCUT2D eigenvalue weighted by Gasteiger charge is -1.98. The van der Waals surface area contributed by atoms with Crippen molar-refractivity contribution >= 4 is 17.7 Å². The Hall–Kier alpha value is -2.17. The Morgan fingerprint density at radius 2 is 2.18 bits per heavy atom. The molecule has 0 heterocycles. The van der Waals surface area contributed by atoms with Crippen molar-refractivity contribution in [3.05, 3.63) is 46.0 Å². The summed E-state index contributed by atoms with van der Waals surface area (Å²) < 4.78 is 0. The van der Waals surface area contributed by atoms with Crippen LogP contribution < -0.4 is 5.32 Å². The van der Waals surface area contributed by atoms with Crippen LogP contribution in [-0.2, 0) is 4.79 Å². The molecular formula is C12H14N2O3. The molecule has 0 saturated carbocycles. The van der Waals surface area contributed by atoms with Gasteiger partial charge in [0, 0.05) is 18.7 Å². The van der Waals surface area contributed by atoms with Crippen molar-refractivity contribution in [2.45, 2.75) is 13.3 Å². The molecule has 1 amide bonds. The minimum atomic E-state index is -0.469. The van der Waals surface area contributed by atoms with Crippen molar-refractivity contribution < 1.29 is 9.72 Å². The minimum Gasteiger partial charge on any atom is -0.353 e. The quantitative estimate of drug-likeness (QED) is 0.482. The molecular weight excluding hydrogens is 220 g/mol. The van der Waals surface area contributed by atoms with E-state index in [0.29, 0.717) is 12.1 Å². The Kier molecular flexibility index (Phi) is 4.87. The highest BCUT2D eigenvalue weighted by Crippen LogP contribution is 2.18. The van der Waals surface area contributed by atoms with Crippen molar-refractivity contribution in [3.8, 4) is 0 Å². The Morgan fingerprint density at radius 3 is 2.82 bits per heavy atom. The number of nitro benzene ring substituents is 1. The van der Waals surface area contributed by atoms with Gasteiger partial charge in [0.25, 0.3) is 5.69 Å². The Labute approximate surface area is 99.3 Å². The van der Waals surface area contributed by atoms with Gasteiger partial charge in [-0.05, 0) is 18.6 Å². The fraction of sp³-hybridized carbons (Fsp3) is 0.250. The molecule has 1 aromatic rings. The van der Waals surface area contributed by atoms with Gasteiger partial charge >= 0.3 is 0 Å². The van der Waals surface area contributed by atoms with Gasteiger partial charge < -0.3 is 5.32 Å². The van der Waals surface area contributed by atoms with Gasteiger partial charge in [0.15, 0.2) is 0 Å². The SMILES string of the molecule is CCCNC(=O)C=Cc1ccccc1[N+](=O)[O-]. The maximum atomic E-state index is 11.3. The second kappa shape index (κ2) is 6.42. The molecule has 0 atom stereocenters. The predicted molar refractivity (Wildman–Crippen MR) is 65.4 cm³/mol. The Morgan fingerprint density at radius 1 is 1.47 bits per heavy atom. The van der Waals surface area contributed by atoms with Crippen molar-refractivity contribution in [1.82, 2.24) is 5.32 Å². The lowest BCUT2D eigenvalue weighted by Crippen LogP contribution is -2.21. The standard InChI is InChI=1S/C12H14N2O3/c1-2-9-13-12(15)8-7-10-5-3-4-6-11(10)14(16)17/h3-8H,2,9H2,1H3,(H,13,15). The van der Waals surface area contributed by atoms with E-state index in [-0.39, 0.29) is 11.6 Å². The molecule has 0 radical (unpaired) electrons. The number of carbonyl (C=O) groups excluding carboxylic acids is 1. The second-order valence-electron chi connectivity index (χ2n) is 3.44. The van der Waals surface area contributed by atoms with Crippen LogP contribution in [0, 0.1) is 10.1 Å². The number of nitrogens with one attached hydrogen (secondary N) is 1. The van der Waals surface area contributed by atoms with Crippen LogP contribution in [0.4, 0.5) is 5.69 Å². The van der Waals surface area contributed by atoms with Gasteiger partial charge in [0.2, 0.25) is 5.91 Å². The van der Waals surface area contributed by atoms with Crippen LogP contribution in [0.1, 0.15) is 18.9 Å². The van der Waals surface area contributed by atoms with Crippen LogP contribution in [0.15, 0.2) is 30.3 Å². The Bertz CT molecular complexity index is 441. The molecule has 0 aliphatic rings. The van der Waals surface area contributed by atoms with E-state index < -0.39 is 4.92 Å². The third-order valence-corrected chi connectivity index (χ3v) is 2.10. The summed E-state index contributed by atoms with van der Waals surface area (Å²) in [6.45, 7) is 2.55. The number of amides is 1. The van der Waals surface area contributed by atoms with Gasteiger partial charge in [-0.2, -0.15) is 0 Å². The fourth-order valence-corrected chi connectivity index (χ4v) is 1.27. The maximum Gasteiger partial charge on any atom is 0.276 e. The van der Waals surface area contributed by atoms with Crippen molar-refractivity contribution in [2.24, 2.45) is 0 Å². The van der Waals surface area contributed by atoms with Gasteiger partial charge in [0.1, 0.15) is 0 Å². The molecule has 0 aromatic heterocycles. The van der Waals surface area contributed by atoms with Crippen LogP contribution in [0.3, 0.4) is 0 Å². The van der Waals surface area contributed by atoms with Crippen LogP contribution in [0.2, 0.25) is 0 Å². The number of para-hydroxylation sites is 1. The van der Waals surface area contributed by atoms with Gasteiger partial charge in [-0.1, -0.05) is 19.1 Å². The number of nitrogens with zero attached hydrogens (tertiary/aromatic N) is 1. The zero-order valence-corrected chi connectivity index (χ0v) is 9.55. The molecule has 1 aromatic carbocycles. The highest BCUT2D eigenvalue weighted by molar-refractivity contribution is 5.92. The summed E-state index contributed by atoms with van der Waals surface area (Å²) in [5.41, 5.74) is 0.413. The molecule has 5 nitrogen and oxygen atoms in total. The number of carbonyl (C=O) groups is 1. The molecule has 0 saturated heterocycles. The number of hydrogen-bond acceptors (Lipinski definition) is 3. The van der Waals surface area contributed by atoms with E-state index in [2.05, 4.69) is 5.32 Å². The highest BCUT2D eigenvalue weighted by Gasteiger charge is 2.09. The summed E-state index contributed by atoms with van der Waals surface area (Å²) in [5.74, 6) is -0.245. The zero-order valence-electron chi connectivity index (χ0n) is 9.55. The third-order valence-electron chi connectivity index (χ3n) is 2.10. The summed E-state index contributed by atoms with van der Waals surface area (Å²) in [7, 11) is 0. The molecule has 90 valence electrons. The smallest absolute Gasteiger partial charge is 0.276 e. The van der Waals surface area contributed by atoms with Gasteiger partial charge in [-0.15, -0.1) is 0 Å². The molecule has 0 aliphatic heterocycles. The van der Waals surface area contributed by atoms with Crippen molar-refractivity contribution in [3.63, 3.8) is 0 Å². The monoisotopic (exact) mass is 234 g/mol. The highest BCUT2D eigenvalue weighted by atomic mass is 16.6. The summed E-state index contributed by atoms with van der Waals surface area (Å²) in [6, 6.07) is 6.29. The maximum absolute atomic E-state index is 11.3. The van der Waals surface area contributed by atoms with E-state index in [9.17, 15) is 14.9 Å². The normalized spacial score (nSPS) is 10.4. The molecule has 17 heavy (non-hydrogen) atoms. The lowest BCUT2D eigenvalue weighted by atomic mass is 10.1. The first-order valence-electron chi connectivity index (χ1n) is 5.34. The third kappa shape index (κ3) is 4.06. The van der Waals surface area contributed by atoms with Crippen molar-refractivity contribution in [2.75, 3.05) is 6.54 Å². The zero-order chi connectivity index (χ0) is 12.7.